The molecule has 1 aliphatic heterocycles. The summed E-state index contributed by atoms with van der Waals surface area (Å²) in [6.07, 6.45) is 3.30. The highest BCUT2D eigenvalue weighted by Crippen LogP contribution is 2.28. The quantitative estimate of drug-likeness (QED) is 0.317. The highest BCUT2D eigenvalue weighted by Gasteiger charge is 2.29. The number of ether oxygens (including phenoxy) is 1. The minimum absolute atomic E-state index is 0.0648. The van der Waals surface area contributed by atoms with Crippen molar-refractivity contribution in [2.75, 3.05) is 26.7 Å². The third-order valence-electron chi connectivity index (χ3n) is 5.88. The van der Waals surface area contributed by atoms with E-state index in [0.29, 0.717) is 30.8 Å². The Kier molecular flexibility index (Phi) is 7.52. The van der Waals surface area contributed by atoms with Crippen LogP contribution in [0.4, 0.5) is 0 Å². The van der Waals surface area contributed by atoms with Crippen LogP contribution in [-0.4, -0.2) is 54.1 Å². The first-order chi connectivity index (χ1) is 15.3. The van der Waals surface area contributed by atoms with E-state index in [9.17, 15) is 19.6 Å². The minimum Gasteiger partial charge on any atom is -0.496 e. The summed E-state index contributed by atoms with van der Waals surface area (Å²) in [5, 5.41) is 13.0. The maximum absolute atomic E-state index is 13.1. The lowest BCUT2D eigenvalue weighted by Gasteiger charge is -2.22. The third-order valence-corrected chi connectivity index (χ3v) is 5.88. The predicted octanol–water partition coefficient (Wildman–Crippen LogP) is 2.90. The highest BCUT2D eigenvalue weighted by molar-refractivity contribution is 6.02. The van der Waals surface area contributed by atoms with Crippen LogP contribution >= 0.6 is 0 Å². The van der Waals surface area contributed by atoms with Gasteiger partial charge in [0, 0.05) is 36.3 Å². The average Bonchev–Trinajstić information content (AvgIpc) is 3.38. The van der Waals surface area contributed by atoms with Crippen LogP contribution in [0.2, 0.25) is 0 Å². The Morgan fingerprint density at radius 3 is 2.75 bits per heavy atom. The Morgan fingerprint density at radius 1 is 1.34 bits per heavy atom. The number of Topliss-reactive ketones (excluding diaryl/α,β-unsaturated/α-hetero) is 2. The van der Waals surface area contributed by atoms with Crippen molar-refractivity contribution < 1.29 is 19.1 Å². The van der Waals surface area contributed by atoms with E-state index in [-0.39, 0.29) is 48.8 Å². The van der Waals surface area contributed by atoms with Crippen LogP contribution in [0.3, 0.4) is 0 Å². The number of nitrogens with one attached hydrogen (secondary N) is 2. The molecule has 1 fully saturated rings. The number of hydrogen-bond acceptors (Lipinski definition) is 6. The number of nitriles is 1. The first-order valence-corrected chi connectivity index (χ1v) is 11.0. The lowest BCUT2D eigenvalue weighted by atomic mass is 9.88. The number of rotatable bonds is 11. The number of benzene rings is 1. The van der Waals surface area contributed by atoms with Crippen LogP contribution in [0.15, 0.2) is 24.3 Å². The number of carbonyl (C=O) groups is 3. The summed E-state index contributed by atoms with van der Waals surface area (Å²) in [5.41, 5.74) is 1.23. The Morgan fingerprint density at radius 2 is 2.12 bits per heavy atom. The number of H-pyrrole nitrogens is 1. The van der Waals surface area contributed by atoms with Crippen molar-refractivity contribution in [2.24, 2.45) is 17.8 Å². The number of hydrogen-bond donors (Lipinski definition) is 2. The van der Waals surface area contributed by atoms with Gasteiger partial charge in [0.2, 0.25) is 5.91 Å². The topological polar surface area (TPSA) is 115 Å². The number of aromatic nitrogens is 1. The van der Waals surface area contributed by atoms with Crippen molar-refractivity contribution >= 4 is 28.4 Å². The fraction of sp³-hybridized carbons (Fsp3) is 0.500. The van der Waals surface area contributed by atoms with E-state index >= 15 is 0 Å². The van der Waals surface area contributed by atoms with Crippen LogP contribution < -0.4 is 10.1 Å². The molecule has 1 saturated heterocycles. The van der Waals surface area contributed by atoms with Crippen LogP contribution in [0, 0.1) is 29.2 Å². The van der Waals surface area contributed by atoms with Crippen LogP contribution in [-0.2, 0) is 9.59 Å². The molecule has 8 nitrogen and oxygen atoms in total. The van der Waals surface area contributed by atoms with E-state index in [1.54, 1.807) is 13.2 Å². The van der Waals surface area contributed by atoms with Gasteiger partial charge >= 0.3 is 0 Å². The van der Waals surface area contributed by atoms with Crippen molar-refractivity contribution in [3.05, 3.63) is 30.0 Å². The van der Waals surface area contributed by atoms with Crippen molar-refractivity contribution in [2.45, 2.75) is 33.1 Å². The maximum atomic E-state index is 13.1. The molecule has 8 heteroatoms. The Bertz CT molecular complexity index is 1040. The summed E-state index contributed by atoms with van der Waals surface area (Å²) in [6, 6.07) is 7.30. The van der Waals surface area contributed by atoms with E-state index in [0.717, 1.165) is 10.9 Å². The van der Waals surface area contributed by atoms with Crippen LogP contribution in [0.25, 0.3) is 10.9 Å². The van der Waals surface area contributed by atoms with Crippen molar-refractivity contribution in [1.82, 2.24) is 15.2 Å². The van der Waals surface area contributed by atoms with E-state index in [2.05, 4.69) is 10.3 Å². The molecule has 2 N–H and O–H groups in total. The zero-order chi connectivity index (χ0) is 23.3. The SMILES string of the molecule is COc1cccc2[nH]c(C(=O)C[C@@H](CC(C)C)C(=O)CN(C#N)C[C@@H]3CCNC3=O)cc12. The van der Waals surface area contributed by atoms with E-state index < -0.39 is 5.92 Å². The van der Waals surface area contributed by atoms with E-state index in [4.69, 9.17) is 4.74 Å². The van der Waals surface area contributed by atoms with Gasteiger partial charge in [-0.05, 0) is 37.0 Å². The lowest BCUT2D eigenvalue weighted by molar-refractivity contribution is -0.126. The molecule has 1 amide bonds. The summed E-state index contributed by atoms with van der Waals surface area (Å²) < 4.78 is 5.36. The summed E-state index contributed by atoms with van der Waals surface area (Å²) in [4.78, 5) is 42.4. The molecular formula is C24H30N4O4. The molecule has 0 bridgehead atoms. The smallest absolute Gasteiger partial charge is 0.224 e. The number of carbonyl (C=O) groups excluding carboxylic acids is 3. The Balaban J connectivity index is 1.71. The lowest BCUT2D eigenvalue weighted by Crippen LogP contribution is -2.36. The predicted molar refractivity (Wildman–Crippen MR) is 120 cm³/mol. The number of methoxy groups -OCH3 is 1. The molecule has 2 atom stereocenters. The van der Waals surface area contributed by atoms with Gasteiger partial charge in [0.15, 0.2) is 17.8 Å². The van der Waals surface area contributed by atoms with E-state index in [1.165, 1.54) is 4.90 Å². The van der Waals surface area contributed by atoms with Gasteiger partial charge in [0.25, 0.3) is 0 Å². The standard InChI is InChI=1S/C24H30N4O4/c1-15(2)9-17(22(30)13-28(14-25)12-16-7-8-26-24(16)31)10-21(29)20-11-18-19(27-20)5-4-6-23(18)32-3/h4-6,11,15-17,27H,7-10,12-13H2,1-3H3,(H,26,31)/t16-,17+/m0/s1. The first kappa shape index (κ1) is 23.3. The summed E-state index contributed by atoms with van der Waals surface area (Å²) in [5.74, 6) is -0.274. The Hall–Kier alpha value is -3.34. The van der Waals surface area contributed by atoms with Crippen molar-refractivity contribution in [3.63, 3.8) is 0 Å². The maximum Gasteiger partial charge on any atom is 0.224 e. The normalized spacial score (nSPS) is 16.6. The van der Waals surface area contributed by atoms with Crippen molar-refractivity contribution in [3.8, 4) is 11.9 Å². The molecule has 0 spiro atoms. The summed E-state index contributed by atoms with van der Waals surface area (Å²) in [6.45, 7) is 4.73. The zero-order valence-electron chi connectivity index (χ0n) is 18.8. The monoisotopic (exact) mass is 438 g/mol. The molecule has 0 unspecified atom stereocenters. The second-order valence-corrected chi connectivity index (χ2v) is 8.78. The van der Waals surface area contributed by atoms with Gasteiger partial charge in [-0.2, -0.15) is 5.26 Å². The number of fused-ring (bicyclic) bond motifs is 1. The molecule has 0 radical (unpaired) electrons. The molecule has 0 saturated carbocycles. The van der Waals surface area contributed by atoms with E-state index in [1.807, 2.05) is 38.2 Å². The fourth-order valence-electron chi connectivity index (χ4n) is 4.23. The van der Waals surface area contributed by atoms with Crippen molar-refractivity contribution in [1.29, 1.82) is 5.26 Å². The van der Waals surface area contributed by atoms with Gasteiger partial charge < -0.3 is 19.9 Å². The molecule has 3 rings (SSSR count). The van der Waals surface area contributed by atoms with Gasteiger partial charge in [0.05, 0.1) is 25.3 Å². The molecule has 1 aromatic heterocycles. The molecule has 170 valence electrons. The molecule has 2 aromatic rings. The van der Waals surface area contributed by atoms with Gasteiger partial charge in [-0.3, -0.25) is 14.4 Å². The number of aromatic amines is 1. The summed E-state index contributed by atoms with van der Waals surface area (Å²) >= 11 is 0. The van der Waals surface area contributed by atoms with Crippen LogP contribution in [0.1, 0.15) is 43.6 Å². The number of nitrogens with zero attached hydrogens (tertiary/aromatic N) is 2. The minimum atomic E-state index is -0.496. The third kappa shape index (κ3) is 5.47. The number of amides is 1. The largest absolute Gasteiger partial charge is 0.496 e. The van der Waals surface area contributed by atoms with Gasteiger partial charge in [-0.25, -0.2) is 0 Å². The second kappa shape index (κ2) is 10.3. The fourth-order valence-corrected chi connectivity index (χ4v) is 4.23. The molecule has 1 aromatic carbocycles. The number of ketones is 2. The van der Waals surface area contributed by atoms with Gasteiger partial charge in [-0.15, -0.1) is 0 Å². The van der Waals surface area contributed by atoms with Gasteiger partial charge in [0.1, 0.15) is 5.75 Å². The second-order valence-electron chi connectivity index (χ2n) is 8.78. The molecule has 2 heterocycles. The Labute approximate surface area is 187 Å². The molecule has 32 heavy (non-hydrogen) atoms. The molecular weight excluding hydrogens is 408 g/mol. The molecule has 0 aliphatic carbocycles. The van der Waals surface area contributed by atoms with Gasteiger partial charge in [-0.1, -0.05) is 19.9 Å². The highest BCUT2D eigenvalue weighted by atomic mass is 16.5. The zero-order valence-corrected chi connectivity index (χ0v) is 18.8. The average molecular weight is 439 g/mol. The summed E-state index contributed by atoms with van der Waals surface area (Å²) in [7, 11) is 1.58. The first-order valence-electron chi connectivity index (χ1n) is 11.0. The van der Waals surface area contributed by atoms with Crippen LogP contribution in [0.5, 0.6) is 5.75 Å². The molecule has 1 aliphatic rings.